The average molecular weight is 275 g/mol. The van der Waals surface area contributed by atoms with Crippen LogP contribution in [0.3, 0.4) is 0 Å². The fourth-order valence-electron chi connectivity index (χ4n) is 4.34. The zero-order valence-electron chi connectivity index (χ0n) is 12.6. The lowest BCUT2D eigenvalue weighted by molar-refractivity contribution is -0.139. The highest BCUT2D eigenvalue weighted by molar-refractivity contribution is 5.79. The van der Waals surface area contributed by atoms with Crippen molar-refractivity contribution < 1.29 is 4.79 Å². The Balaban J connectivity index is 1.56. The lowest BCUT2D eigenvalue weighted by Gasteiger charge is -2.41. The zero-order chi connectivity index (χ0) is 14.3. The van der Waals surface area contributed by atoms with Crippen LogP contribution in [0.2, 0.25) is 0 Å². The van der Waals surface area contributed by atoms with E-state index in [4.69, 9.17) is 0 Å². The molecular formula is C16H25N3O. The molecule has 1 heterocycles. The number of fused-ring (bicyclic) bond motifs is 2. The smallest absolute Gasteiger partial charge is 0.226 e. The van der Waals surface area contributed by atoms with Gasteiger partial charge in [-0.15, -0.1) is 0 Å². The van der Waals surface area contributed by atoms with Crippen LogP contribution in [0, 0.1) is 29.1 Å². The minimum Gasteiger partial charge on any atom is -0.340 e. The molecule has 0 aromatic rings. The summed E-state index contributed by atoms with van der Waals surface area (Å²) in [6, 6.07) is 2.35. The Morgan fingerprint density at radius 3 is 2.35 bits per heavy atom. The number of carbonyl (C=O) groups is 1. The van der Waals surface area contributed by atoms with Gasteiger partial charge in [0.25, 0.3) is 0 Å². The third kappa shape index (κ3) is 2.33. The van der Waals surface area contributed by atoms with Crippen LogP contribution < -0.4 is 0 Å². The molecule has 0 aromatic heterocycles. The minimum atomic E-state index is -0.415. The third-order valence-corrected chi connectivity index (χ3v) is 5.71. The maximum absolute atomic E-state index is 12.7. The van der Waals surface area contributed by atoms with Crippen molar-refractivity contribution in [3.05, 3.63) is 0 Å². The molecule has 0 N–H and O–H groups in total. The van der Waals surface area contributed by atoms with Crippen LogP contribution in [0.5, 0.6) is 0 Å². The predicted molar refractivity (Wildman–Crippen MR) is 76.8 cm³/mol. The first-order valence-corrected chi connectivity index (χ1v) is 7.96. The van der Waals surface area contributed by atoms with Gasteiger partial charge in [-0.25, -0.2) is 0 Å². The maximum Gasteiger partial charge on any atom is 0.226 e. The Morgan fingerprint density at radius 1 is 1.15 bits per heavy atom. The Morgan fingerprint density at radius 2 is 1.85 bits per heavy atom. The number of nitriles is 1. The Labute approximate surface area is 121 Å². The van der Waals surface area contributed by atoms with E-state index >= 15 is 0 Å². The topological polar surface area (TPSA) is 47.3 Å². The van der Waals surface area contributed by atoms with Gasteiger partial charge in [0.05, 0.1) is 6.07 Å². The van der Waals surface area contributed by atoms with Gasteiger partial charge in [-0.2, -0.15) is 5.26 Å². The normalized spacial score (nSPS) is 34.2. The number of rotatable bonds is 2. The molecule has 2 saturated carbocycles. The molecule has 4 nitrogen and oxygen atoms in total. The van der Waals surface area contributed by atoms with Crippen LogP contribution in [-0.4, -0.2) is 47.4 Å². The molecule has 20 heavy (non-hydrogen) atoms. The maximum atomic E-state index is 12.7. The quantitative estimate of drug-likeness (QED) is 0.773. The molecule has 110 valence electrons. The molecule has 0 aromatic carbocycles. The van der Waals surface area contributed by atoms with Crippen molar-refractivity contribution in [2.45, 2.75) is 45.1 Å². The van der Waals surface area contributed by atoms with E-state index < -0.39 is 5.54 Å². The summed E-state index contributed by atoms with van der Waals surface area (Å²) in [6.07, 6.45) is 5.03. The van der Waals surface area contributed by atoms with E-state index in [1.165, 1.54) is 19.3 Å². The summed E-state index contributed by atoms with van der Waals surface area (Å²) in [5.74, 6) is 2.20. The van der Waals surface area contributed by atoms with Crippen LogP contribution >= 0.6 is 0 Å². The second kappa shape index (κ2) is 5.04. The van der Waals surface area contributed by atoms with Gasteiger partial charge in [-0.3, -0.25) is 9.69 Å². The summed E-state index contributed by atoms with van der Waals surface area (Å²) >= 11 is 0. The lowest BCUT2D eigenvalue weighted by atomic mass is 9.87. The van der Waals surface area contributed by atoms with Crippen molar-refractivity contribution >= 4 is 5.91 Å². The average Bonchev–Trinajstić information content (AvgIpc) is 3.09. The number of carbonyl (C=O) groups excluding carboxylic acids is 1. The molecule has 0 radical (unpaired) electrons. The van der Waals surface area contributed by atoms with Gasteiger partial charge in [-0.05, 0) is 44.9 Å². The number of amides is 1. The molecule has 1 aliphatic heterocycles. The van der Waals surface area contributed by atoms with Crippen LogP contribution in [0.15, 0.2) is 0 Å². The summed E-state index contributed by atoms with van der Waals surface area (Å²) in [7, 11) is 0. The van der Waals surface area contributed by atoms with E-state index in [9.17, 15) is 10.1 Å². The summed E-state index contributed by atoms with van der Waals surface area (Å²) in [5, 5.41) is 9.19. The van der Waals surface area contributed by atoms with Crippen LogP contribution in [0.4, 0.5) is 0 Å². The zero-order valence-corrected chi connectivity index (χ0v) is 12.6. The molecule has 3 aliphatic rings. The first-order valence-electron chi connectivity index (χ1n) is 7.96. The molecule has 3 unspecified atom stereocenters. The second-order valence-electron chi connectivity index (χ2n) is 7.26. The molecule has 1 amide bonds. The van der Waals surface area contributed by atoms with Gasteiger partial charge in [0, 0.05) is 32.1 Å². The van der Waals surface area contributed by atoms with E-state index in [2.05, 4.69) is 15.9 Å². The molecular weight excluding hydrogens is 250 g/mol. The van der Waals surface area contributed by atoms with E-state index in [0.29, 0.717) is 17.7 Å². The first kappa shape index (κ1) is 13.9. The van der Waals surface area contributed by atoms with Gasteiger partial charge >= 0.3 is 0 Å². The van der Waals surface area contributed by atoms with Crippen LogP contribution in [0.1, 0.15) is 39.5 Å². The predicted octanol–water partition coefficient (Wildman–Crippen LogP) is 1.87. The second-order valence-corrected chi connectivity index (χ2v) is 7.26. The SMILES string of the molecule is CC(C)(C#N)N1CCN(C(=O)C2CC3CCC2C3)CC1. The number of hydrogen-bond donors (Lipinski definition) is 0. The van der Waals surface area contributed by atoms with Gasteiger partial charge < -0.3 is 4.90 Å². The van der Waals surface area contributed by atoms with Gasteiger partial charge in [-0.1, -0.05) is 6.42 Å². The van der Waals surface area contributed by atoms with Gasteiger partial charge in [0.1, 0.15) is 5.54 Å². The fourth-order valence-corrected chi connectivity index (χ4v) is 4.34. The molecule has 2 aliphatic carbocycles. The Hall–Kier alpha value is -1.08. The highest BCUT2D eigenvalue weighted by Gasteiger charge is 2.45. The molecule has 4 heteroatoms. The monoisotopic (exact) mass is 275 g/mol. The fraction of sp³-hybridized carbons (Fsp3) is 0.875. The first-order chi connectivity index (χ1) is 9.51. The minimum absolute atomic E-state index is 0.310. The largest absolute Gasteiger partial charge is 0.340 e. The van der Waals surface area contributed by atoms with E-state index in [-0.39, 0.29) is 0 Å². The molecule has 1 saturated heterocycles. The Bertz CT molecular complexity index is 431. The van der Waals surface area contributed by atoms with Crippen LogP contribution in [0.25, 0.3) is 0 Å². The molecule has 3 atom stereocenters. The van der Waals surface area contributed by atoms with Crippen molar-refractivity contribution in [2.75, 3.05) is 26.2 Å². The summed E-state index contributed by atoms with van der Waals surface area (Å²) in [6.45, 7) is 7.15. The van der Waals surface area contributed by atoms with Crippen molar-refractivity contribution in [1.82, 2.24) is 9.80 Å². The molecule has 3 fully saturated rings. The lowest BCUT2D eigenvalue weighted by Crippen LogP contribution is -2.56. The van der Waals surface area contributed by atoms with Crippen LogP contribution in [-0.2, 0) is 4.79 Å². The number of piperazine rings is 1. The third-order valence-electron chi connectivity index (χ3n) is 5.71. The van der Waals surface area contributed by atoms with Crippen molar-refractivity contribution in [3.63, 3.8) is 0 Å². The van der Waals surface area contributed by atoms with E-state index in [0.717, 1.165) is 38.5 Å². The molecule has 3 rings (SSSR count). The van der Waals surface area contributed by atoms with Gasteiger partial charge in [0.2, 0.25) is 5.91 Å². The van der Waals surface area contributed by atoms with E-state index in [1.54, 1.807) is 0 Å². The highest BCUT2D eigenvalue weighted by Crippen LogP contribution is 2.48. The van der Waals surface area contributed by atoms with Crippen molar-refractivity contribution in [2.24, 2.45) is 17.8 Å². The summed E-state index contributed by atoms with van der Waals surface area (Å²) in [5.41, 5.74) is -0.415. The van der Waals surface area contributed by atoms with E-state index in [1.807, 2.05) is 13.8 Å². The molecule has 2 bridgehead atoms. The van der Waals surface area contributed by atoms with Crippen molar-refractivity contribution in [1.29, 1.82) is 5.26 Å². The van der Waals surface area contributed by atoms with Gasteiger partial charge in [0.15, 0.2) is 0 Å². The standard InChI is InChI=1S/C16H25N3O/c1-16(2,11-17)19-7-5-18(6-8-19)15(20)14-10-12-3-4-13(14)9-12/h12-14H,3-10H2,1-2H3. The molecule has 0 spiro atoms. The number of nitrogens with zero attached hydrogens (tertiary/aromatic N) is 3. The highest BCUT2D eigenvalue weighted by atomic mass is 16.2. The van der Waals surface area contributed by atoms with Crippen molar-refractivity contribution in [3.8, 4) is 6.07 Å². The number of hydrogen-bond acceptors (Lipinski definition) is 3. The Kier molecular flexibility index (Phi) is 3.50. The summed E-state index contributed by atoms with van der Waals surface area (Å²) in [4.78, 5) is 16.9. The summed E-state index contributed by atoms with van der Waals surface area (Å²) < 4.78 is 0.